The lowest BCUT2D eigenvalue weighted by Gasteiger charge is -2.27. The van der Waals surface area contributed by atoms with Crippen molar-refractivity contribution in [2.75, 3.05) is 13.2 Å². The predicted octanol–water partition coefficient (Wildman–Crippen LogP) is 3.46. The predicted molar refractivity (Wildman–Crippen MR) is 57.3 cm³/mol. The van der Waals surface area contributed by atoms with Crippen molar-refractivity contribution in [2.45, 2.75) is 44.9 Å². The first kappa shape index (κ1) is 11.3. The molecule has 1 heterocycles. The zero-order valence-electron chi connectivity index (χ0n) is 8.76. The van der Waals surface area contributed by atoms with Crippen LogP contribution in [0.4, 0.5) is 0 Å². The van der Waals surface area contributed by atoms with E-state index in [1.807, 2.05) is 0 Å². The Morgan fingerprint density at radius 1 is 1.46 bits per heavy atom. The van der Waals surface area contributed by atoms with E-state index in [-0.39, 0.29) is 0 Å². The maximum atomic E-state index is 6.22. The van der Waals surface area contributed by atoms with Crippen molar-refractivity contribution in [1.29, 1.82) is 0 Å². The molecule has 2 heteroatoms. The molecule has 0 radical (unpaired) electrons. The van der Waals surface area contributed by atoms with Gasteiger partial charge in [0.05, 0.1) is 6.61 Å². The minimum absolute atomic E-state index is 0.362. The van der Waals surface area contributed by atoms with Gasteiger partial charge in [-0.3, -0.25) is 0 Å². The maximum Gasteiger partial charge on any atom is 0.0508 e. The summed E-state index contributed by atoms with van der Waals surface area (Å²) < 4.78 is 5.43. The number of rotatable bonds is 4. The second kappa shape index (κ2) is 5.87. The second-order valence-corrected chi connectivity index (χ2v) is 5.02. The van der Waals surface area contributed by atoms with Gasteiger partial charge in [-0.15, -0.1) is 11.6 Å². The highest BCUT2D eigenvalue weighted by Crippen LogP contribution is 2.25. The van der Waals surface area contributed by atoms with E-state index in [0.29, 0.717) is 11.3 Å². The van der Waals surface area contributed by atoms with Gasteiger partial charge in [-0.25, -0.2) is 0 Å². The Labute approximate surface area is 86.8 Å². The van der Waals surface area contributed by atoms with Crippen LogP contribution >= 0.6 is 11.6 Å². The molecule has 0 bridgehead atoms. The Morgan fingerprint density at radius 2 is 2.23 bits per heavy atom. The lowest BCUT2D eigenvalue weighted by molar-refractivity contribution is 0.0532. The number of hydrogen-bond donors (Lipinski definition) is 0. The van der Waals surface area contributed by atoms with Gasteiger partial charge >= 0.3 is 0 Å². The quantitative estimate of drug-likeness (QED) is 0.638. The summed E-state index contributed by atoms with van der Waals surface area (Å²) in [6, 6.07) is 0. The van der Waals surface area contributed by atoms with E-state index >= 15 is 0 Å². The van der Waals surface area contributed by atoms with Crippen LogP contribution in [-0.4, -0.2) is 18.6 Å². The summed E-state index contributed by atoms with van der Waals surface area (Å²) in [6.45, 7) is 6.28. The van der Waals surface area contributed by atoms with Crippen molar-refractivity contribution < 1.29 is 4.74 Å². The standard InChI is InChI=1S/C11H21ClO/c1-9(2)4-3-5-10-8-13-7-6-11(10)12/h9-11H,3-8H2,1-2H3. The van der Waals surface area contributed by atoms with E-state index in [1.54, 1.807) is 0 Å². The van der Waals surface area contributed by atoms with Gasteiger partial charge in [0, 0.05) is 12.0 Å². The van der Waals surface area contributed by atoms with Crippen molar-refractivity contribution in [3.63, 3.8) is 0 Å². The molecular formula is C11H21ClO. The molecule has 1 aliphatic rings. The van der Waals surface area contributed by atoms with Crippen LogP contribution in [0.15, 0.2) is 0 Å². The first-order valence-electron chi connectivity index (χ1n) is 5.42. The van der Waals surface area contributed by atoms with Crippen molar-refractivity contribution in [1.82, 2.24) is 0 Å². The van der Waals surface area contributed by atoms with Crippen LogP contribution in [-0.2, 0) is 4.74 Å². The summed E-state index contributed by atoms with van der Waals surface area (Å²) in [6.07, 6.45) is 4.90. The van der Waals surface area contributed by atoms with Gasteiger partial charge in [0.1, 0.15) is 0 Å². The minimum Gasteiger partial charge on any atom is -0.381 e. The van der Waals surface area contributed by atoms with Crippen LogP contribution in [0.5, 0.6) is 0 Å². The van der Waals surface area contributed by atoms with Crippen molar-refractivity contribution in [3.8, 4) is 0 Å². The number of halogens is 1. The molecule has 0 aromatic heterocycles. The largest absolute Gasteiger partial charge is 0.381 e. The molecule has 2 atom stereocenters. The van der Waals surface area contributed by atoms with Gasteiger partial charge in [0.15, 0.2) is 0 Å². The van der Waals surface area contributed by atoms with E-state index in [0.717, 1.165) is 25.6 Å². The molecule has 1 rings (SSSR count). The number of hydrogen-bond acceptors (Lipinski definition) is 1. The highest BCUT2D eigenvalue weighted by Gasteiger charge is 2.22. The van der Waals surface area contributed by atoms with Crippen molar-refractivity contribution in [3.05, 3.63) is 0 Å². The third kappa shape index (κ3) is 4.33. The van der Waals surface area contributed by atoms with Crippen LogP contribution in [0.25, 0.3) is 0 Å². The summed E-state index contributed by atoms with van der Waals surface area (Å²) >= 11 is 6.22. The smallest absolute Gasteiger partial charge is 0.0508 e. The zero-order valence-corrected chi connectivity index (χ0v) is 9.52. The third-order valence-corrected chi connectivity index (χ3v) is 3.31. The highest BCUT2D eigenvalue weighted by atomic mass is 35.5. The summed E-state index contributed by atoms with van der Waals surface area (Å²) in [5.74, 6) is 1.42. The fraction of sp³-hybridized carbons (Fsp3) is 1.00. The number of ether oxygens (including phenoxy) is 1. The Hall–Kier alpha value is 0.250. The molecule has 0 aromatic carbocycles. The van der Waals surface area contributed by atoms with Gasteiger partial charge < -0.3 is 4.74 Å². The topological polar surface area (TPSA) is 9.23 Å². The highest BCUT2D eigenvalue weighted by molar-refractivity contribution is 6.20. The molecule has 0 aliphatic carbocycles. The fourth-order valence-electron chi connectivity index (χ4n) is 1.82. The number of alkyl halides is 1. The Kier molecular flexibility index (Phi) is 5.12. The van der Waals surface area contributed by atoms with E-state index < -0.39 is 0 Å². The molecule has 13 heavy (non-hydrogen) atoms. The summed E-state index contributed by atoms with van der Waals surface area (Å²) in [5, 5.41) is 0.362. The van der Waals surface area contributed by atoms with Gasteiger partial charge in [-0.05, 0) is 24.7 Å². The van der Waals surface area contributed by atoms with E-state index in [1.165, 1.54) is 19.3 Å². The molecule has 0 saturated carbocycles. The summed E-state index contributed by atoms with van der Waals surface area (Å²) in [7, 11) is 0. The molecule has 1 saturated heterocycles. The van der Waals surface area contributed by atoms with Gasteiger partial charge in [-0.2, -0.15) is 0 Å². The van der Waals surface area contributed by atoms with Gasteiger partial charge in [-0.1, -0.05) is 26.7 Å². The van der Waals surface area contributed by atoms with Gasteiger partial charge in [0.25, 0.3) is 0 Å². The van der Waals surface area contributed by atoms with Crippen molar-refractivity contribution in [2.24, 2.45) is 11.8 Å². The molecular weight excluding hydrogens is 184 g/mol. The molecule has 78 valence electrons. The first-order chi connectivity index (χ1) is 6.20. The molecule has 1 aliphatic heterocycles. The Morgan fingerprint density at radius 3 is 2.85 bits per heavy atom. The lowest BCUT2D eigenvalue weighted by Crippen LogP contribution is -2.28. The summed E-state index contributed by atoms with van der Waals surface area (Å²) in [4.78, 5) is 0. The summed E-state index contributed by atoms with van der Waals surface area (Å²) in [5.41, 5.74) is 0. The minimum atomic E-state index is 0.362. The van der Waals surface area contributed by atoms with Crippen LogP contribution < -0.4 is 0 Å². The Balaban J connectivity index is 2.11. The second-order valence-electron chi connectivity index (χ2n) is 4.46. The molecule has 0 N–H and O–H groups in total. The van der Waals surface area contributed by atoms with E-state index in [4.69, 9.17) is 16.3 Å². The third-order valence-electron chi connectivity index (χ3n) is 2.74. The normalized spacial score (nSPS) is 29.5. The van der Waals surface area contributed by atoms with Crippen LogP contribution in [0.3, 0.4) is 0 Å². The molecule has 0 aromatic rings. The molecule has 2 unspecified atom stereocenters. The SMILES string of the molecule is CC(C)CCCC1COCCC1Cl. The van der Waals surface area contributed by atoms with Gasteiger partial charge in [0.2, 0.25) is 0 Å². The molecule has 1 fully saturated rings. The molecule has 0 spiro atoms. The van der Waals surface area contributed by atoms with Crippen LogP contribution in [0.2, 0.25) is 0 Å². The lowest BCUT2D eigenvalue weighted by atomic mass is 9.93. The van der Waals surface area contributed by atoms with E-state index in [2.05, 4.69) is 13.8 Å². The average Bonchev–Trinajstić information content (AvgIpc) is 2.08. The maximum absolute atomic E-state index is 6.22. The first-order valence-corrected chi connectivity index (χ1v) is 5.85. The molecule has 0 amide bonds. The van der Waals surface area contributed by atoms with Crippen LogP contribution in [0.1, 0.15) is 39.5 Å². The Bertz CT molecular complexity index is 136. The van der Waals surface area contributed by atoms with Crippen LogP contribution in [0, 0.1) is 11.8 Å². The fourth-order valence-corrected chi connectivity index (χ4v) is 2.11. The molecule has 1 nitrogen and oxygen atoms in total. The monoisotopic (exact) mass is 204 g/mol. The zero-order chi connectivity index (χ0) is 9.68. The average molecular weight is 205 g/mol. The van der Waals surface area contributed by atoms with E-state index in [9.17, 15) is 0 Å². The van der Waals surface area contributed by atoms with Crippen molar-refractivity contribution >= 4 is 11.6 Å².